The van der Waals surface area contributed by atoms with Gasteiger partial charge in [-0.3, -0.25) is 0 Å². The first-order chi connectivity index (χ1) is 6.21. The fraction of sp³-hybridized carbons (Fsp3) is 0.250. The Bertz CT molecular complexity index is 292. The average molecular weight is 213 g/mol. The molecule has 0 saturated carbocycles. The lowest BCUT2D eigenvalue weighted by Gasteiger charge is -2.09. The van der Waals surface area contributed by atoms with Crippen LogP contribution in [0.25, 0.3) is 0 Å². The Morgan fingerprint density at radius 1 is 0.786 bits per heavy atom. The lowest BCUT2D eigenvalue weighted by atomic mass is 10.1. The van der Waals surface area contributed by atoms with Crippen molar-refractivity contribution in [2.75, 3.05) is 0 Å². The Hall–Kier alpha value is -1.20. The molecule has 0 amide bonds. The zero-order valence-electron chi connectivity index (χ0n) is 6.50. The molecule has 0 aromatic heterocycles. The molecule has 0 N–H and O–H groups in total. The highest BCUT2D eigenvalue weighted by Crippen LogP contribution is 2.34. The van der Waals surface area contributed by atoms with Crippen molar-refractivity contribution in [3.8, 4) is 0 Å². The molecule has 1 radical (unpaired) electrons. The highest BCUT2D eigenvalue weighted by Gasteiger charge is 2.36. The molecule has 1 aromatic rings. The number of halogens is 6. The van der Waals surface area contributed by atoms with E-state index in [-0.39, 0.29) is 0 Å². The molecule has 0 spiro atoms. The topological polar surface area (TPSA) is 0 Å². The SMILES string of the molecule is FC(F)(F)c1[c]c(C(F)(F)F)ccc1. The van der Waals surface area contributed by atoms with Crippen LogP contribution in [0.5, 0.6) is 0 Å². The molecule has 0 nitrogen and oxygen atoms in total. The summed E-state index contributed by atoms with van der Waals surface area (Å²) >= 11 is 0. The van der Waals surface area contributed by atoms with E-state index in [1.165, 1.54) is 6.07 Å². The Morgan fingerprint density at radius 2 is 1.14 bits per heavy atom. The lowest BCUT2D eigenvalue weighted by molar-refractivity contribution is -0.143. The van der Waals surface area contributed by atoms with Crippen LogP contribution < -0.4 is 0 Å². The smallest absolute Gasteiger partial charge is 0.166 e. The van der Waals surface area contributed by atoms with Crippen LogP contribution in [0.4, 0.5) is 26.3 Å². The standard InChI is InChI=1S/C8H3F6/c9-7(10,11)5-2-1-3-6(4-5)8(12,13)14/h1-3H. The number of rotatable bonds is 0. The van der Waals surface area contributed by atoms with Gasteiger partial charge in [0.15, 0.2) is 0 Å². The molecule has 0 saturated heterocycles. The molecule has 0 bridgehead atoms. The molecule has 0 aliphatic heterocycles. The van der Waals surface area contributed by atoms with Crippen molar-refractivity contribution in [1.82, 2.24) is 0 Å². The van der Waals surface area contributed by atoms with E-state index in [1.807, 2.05) is 0 Å². The minimum Gasteiger partial charge on any atom is -0.166 e. The van der Waals surface area contributed by atoms with Gasteiger partial charge in [0.05, 0.1) is 11.1 Å². The predicted molar refractivity (Wildman–Crippen MR) is 35.3 cm³/mol. The largest absolute Gasteiger partial charge is 0.417 e. The van der Waals surface area contributed by atoms with Crippen molar-refractivity contribution < 1.29 is 26.3 Å². The van der Waals surface area contributed by atoms with Crippen molar-refractivity contribution in [1.29, 1.82) is 0 Å². The van der Waals surface area contributed by atoms with Crippen LogP contribution in [0.2, 0.25) is 0 Å². The lowest BCUT2D eigenvalue weighted by Crippen LogP contribution is -2.10. The summed E-state index contributed by atoms with van der Waals surface area (Å²) in [6, 6.07) is 3.04. The van der Waals surface area contributed by atoms with Gasteiger partial charge < -0.3 is 0 Å². The van der Waals surface area contributed by atoms with Gasteiger partial charge in [-0.15, -0.1) is 0 Å². The predicted octanol–water partition coefficient (Wildman–Crippen LogP) is 3.52. The second kappa shape index (κ2) is 3.18. The van der Waals surface area contributed by atoms with E-state index in [2.05, 4.69) is 0 Å². The average Bonchev–Trinajstić information content (AvgIpc) is 2.01. The zero-order valence-corrected chi connectivity index (χ0v) is 6.50. The fourth-order valence-electron chi connectivity index (χ4n) is 0.800. The molecule has 0 heterocycles. The summed E-state index contributed by atoms with van der Waals surface area (Å²) in [6.45, 7) is 0. The number of hydrogen-bond acceptors (Lipinski definition) is 0. The number of hydrogen-bond donors (Lipinski definition) is 0. The summed E-state index contributed by atoms with van der Waals surface area (Å²) in [4.78, 5) is 0. The van der Waals surface area contributed by atoms with Crippen LogP contribution in [0.3, 0.4) is 0 Å². The van der Waals surface area contributed by atoms with E-state index in [0.29, 0.717) is 18.2 Å². The van der Waals surface area contributed by atoms with Crippen LogP contribution in [0, 0.1) is 6.07 Å². The Balaban J connectivity index is 3.15. The van der Waals surface area contributed by atoms with Gasteiger partial charge in [-0.1, -0.05) is 6.07 Å². The van der Waals surface area contributed by atoms with E-state index in [9.17, 15) is 26.3 Å². The second-order valence-electron chi connectivity index (χ2n) is 2.47. The van der Waals surface area contributed by atoms with E-state index in [0.717, 1.165) is 0 Å². The van der Waals surface area contributed by atoms with E-state index < -0.39 is 23.5 Å². The van der Waals surface area contributed by atoms with Crippen LogP contribution in [-0.2, 0) is 12.4 Å². The summed E-state index contributed by atoms with van der Waals surface area (Å²) in [6.07, 6.45) is -9.61. The molecule has 1 rings (SSSR count). The summed E-state index contributed by atoms with van der Waals surface area (Å²) in [5.41, 5.74) is -2.85. The number of benzene rings is 1. The minimum absolute atomic E-state index is 0.537. The minimum atomic E-state index is -4.80. The monoisotopic (exact) mass is 213 g/mol. The first kappa shape index (κ1) is 10.9. The zero-order chi connectivity index (χ0) is 11.0. The summed E-state index contributed by atoms with van der Waals surface area (Å²) < 4.78 is 71.7. The third kappa shape index (κ3) is 2.40. The van der Waals surface area contributed by atoms with Gasteiger partial charge in [-0.05, 0) is 12.1 Å². The molecule has 14 heavy (non-hydrogen) atoms. The molecular weight excluding hydrogens is 210 g/mol. The summed E-state index contributed by atoms with van der Waals surface area (Å²) in [7, 11) is 0. The van der Waals surface area contributed by atoms with Crippen LogP contribution in [0.1, 0.15) is 11.1 Å². The Morgan fingerprint density at radius 3 is 1.43 bits per heavy atom. The van der Waals surface area contributed by atoms with E-state index in [4.69, 9.17) is 0 Å². The van der Waals surface area contributed by atoms with Crippen molar-refractivity contribution in [3.63, 3.8) is 0 Å². The van der Waals surface area contributed by atoms with Crippen LogP contribution in [0.15, 0.2) is 18.2 Å². The van der Waals surface area contributed by atoms with Gasteiger partial charge in [-0.25, -0.2) is 0 Å². The third-order valence-electron chi connectivity index (χ3n) is 1.41. The van der Waals surface area contributed by atoms with Crippen molar-refractivity contribution in [2.24, 2.45) is 0 Å². The fourth-order valence-corrected chi connectivity index (χ4v) is 0.800. The molecule has 0 aliphatic carbocycles. The normalized spacial score (nSPS) is 13.0. The van der Waals surface area contributed by atoms with Crippen molar-refractivity contribution in [2.45, 2.75) is 12.4 Å². The van der Waals surface area contributed by atoms with Gasteiger partial charge in [0, 0.05) is 6.07 Å². The van der Waals surface area contributed by atoms with Gasteiger partial charge in [0.1, 0.15) is 0 Å². The van der Waals surface area contributed by atoms with Gasteiger partial charge in [0.2, 0.25) is 0 Å². The van der Waals surface area contributed by atoms with Crippen molar-refractivity contribution in [3.05, 3.63) is 35.4 Å². The van der Waals surface area contributed by atoms with Crippen molar-refractivity contribution >= 4 is 0 Å². The maximum atomic E-state index is 12.0. The second-order valence-corrected chi connectivity index (χ2v) is 2.47. The molecule has 1 aromatic carbocycles. The Kier molecular flexibility index (Phi) is 2.47. The molecular formula is C8H3F6. The number of alkyl halides is 6. The van der Waals surface area contributed by atoms with Crippen LogP contribution in [-0.4, -0.2) is 0 Å². The van der Waals surface area contributed by atoms with Crippen LogP contribution >= 0.6 is 0 Å². The summed E-state index contributed by atoms with van der Waals surface area (Å²) in [5.74, 6) is 0. The maximum Gasteiger partial charge on any atom is 0.417 e. The van der Waals surface area contributed by atoms with Gasteiger partial charge in [-0.2, -0.15) is 26.3 Å². The van der Waals surface area contributed by atoms with E-state index in [1.54, 1.807) is 0 Å². The first-order valence-corrected chi connectivity index (χ1v) is 3.38. The molecule has 77 valence electrons. The summed E-state index contributed by atoms with van der Waals surface area (Å²) in [5, 5.41) is 0. The third-order valence-corrected chi connectivity index (χ3v) is 1.41. The molecule has 0 unspecified atom stereocenters. The highest BCUT2D eigenvalue weighted by molar-refractivity contribution is 5.25. The van der Waals surface area contributed by atoms with Gasteiger partial charge >= 0.3 is 12.4 Å². The molecule has 0 fully saturated rings. The molecule has 0 atom stereocenters. The first-order valence-electron chi connectivity index (χ1n) is 3.38. The Labute approximate surface area is 75.2 Å². The highest BCUT2D eigenvalue weighted by atomic mass is 19.4. The molecule has 0 aliphatic rings. The van der Waals surface area contributed by atoms with E-state index >= 15 is 0 Å². The molecule has 6 heteroatoms. The maximum absolute atomic E-state index is 12.0. The quantitative estimate of drug-likeness (QED) is 0.578. The van der Waals surface area contributed by atoms with Gasteiger partial charge in [0.25, 0.3) is 0 Å².